The van der Waals surface area contributed by atoms with Crippen molar-refractivity contribution in [3.8, 4) is 0 Å². The highest BCUT2D eigenvalue weighted by Crippen LogP contribution is 2.09. The van der Waals surface area contributed by atoms with E-state index in [4.69, 9.17) is 11.6 Å². The molecule has 0 fully saturated rings. The second-order valence-electron chi connectivity index (χ2n) is 4.23. The van der Waals surface area contributed by atoms with Crippen molar-refractivity contribution < 1.29 is 4.79 Å². The minimum absolute atomic E-state index is 0.175. The zero-order valence-electron chi connectivity index (χ0n) is 11.1. The lowest BCUT2D eigenvalue weighted by Gasteiger charge is -2.00. The number of hydrazone groups is 1. The third-order valence-corrected chi connectivity index (χ3v) is 2.91. The van der Waals surface area contributed by atoms with E-state index in [0.717, 1.165) is 17.7 Å². The molecule has 0 aliphatic heterocycles. The van der Waals surface area contributed by atoms with Gasteiger partial charge >= 0.3 is 0 Å². The van der Waals surface area contributed by atoms with Gasteiger partial charge in [-0.1, -0.05) is 23.7 Å². The number of nitrogens with one attached hydrogen (secondary N) is 1. The number of nitrogens with zero attached hydrogens (tertiary/aromatic N) is 3. The number of hydrogen-bond donors (Lipinski definition) is 1. The fraction of sp³-hybridized carbons (Fsp3) is 0.214. The van der Waals surface area contributed by atoms with E-state index in [-0.39, 0.29) is 12.3 Å². The van der Waals surface area contributed by atoms with Crippen LogP contribution in [0.15, 0.2) is 41.8 Å². The monoisotopic (exact) mass is 290 g/mol. The summed E-state index contributed by atoms with van der Waals surface area (Å²) < 4.78 is 1.79. The van der Waals surface area contributed by atoms with Crippen LogP contribution in [0.3, 0.4) is 0 Å². The van der Waals surface area contributed by atoms with Crippen LogP contribution in [0.25, 0.3) is 0 Å². The number of hydrogen-bond acceptors (Lipinski definition) is 3. The summed E-state index contributed by atoms with van der Waals surface area (Å²) in [5, 5.41) is 8.66. The average Bonchev–Trinajstić information content (AvgIpc) is 2.89. The first-order chi connectivity index (χ1) is 9.67. The van der Waals surface area contributed by atoms with Crippen molar-refractivity contribution in [3.05, 3.63) is 52.8 Å². The van der Waals surface area contributed by atoms with Crippen LogP contribution in [-0.2, 0) is 17.8 Å². The van der Waals surface area contributed by atoms with Crippen molar-refractivity contribution >= 4 is 23.7 Å². The maximum Gasteiger partial charge on any atom is 0.244 e. The van der Waals surface area contributed by atoms with E-state index in [1.807, 2.05) is 25.3 Å². The van der Waals surface area contributed by atoms with Crippen LogP contribution in [0.5, 0.6) is 0 Å². The van der Waals surface area contributed by atoms with Gasteiger partial charge in [0, 0.05) is 23.3 Å². The van der Waals surface area contributed by atoms with E-state index in [2.05, 4.69) is 15.6 Å². The van der Waals surface area contributed by atoms with Crippen LogP contribution in [0.1, 0.15) is 18.1 Å². The molecule has 0 unspecified atom stereocenters. The van der Waals surface area contributed by atoms with E-state index in [9.17, 15) is 4.79 Å². The number of amides is 1. The molecule has 20 heavy (non-hydrogen) atoms. The van der Waals surface area contributed by atoms with Gasteiger partial charge in [-0.25, -0.2) is 5.43 Å². The molecule has 1 amide bonds. The molecule has 0 bridgehead atoms. The lowest BCUT2D eigenvalue weighted by atomic mass is 10.1. The number of aryl methyl sites for hydroxylation is 1. The van der Waals surface area contributed by atoms with Gasteiger partial charge in [0.2, 0.25) is 5.91 Å². The molecule has 0 saturated carbocycles. The Hall–Kier alpha value is -2.14. The number of halogens is 1. The minimum Gasteiger partial charge on any atom is -0.273 e. The van der Waals surface area contributed by atoms with E-state index in [0.29, 0.717) is 5.02 Å². The molecule has 1 aromatic carbocycles. The average molecular weight is 291 g/mol. The Morgan fingerprint density at radius 1 is 1.45 bits per heavy atom. The van der Waals surface area contributed by atoms with Gasteiger partial charge < -0.3 is 0 Å². The lowest BCUT2D eigenvalue weighted by molar-refractivity contribution is -0.120. The Kier molecular flexibility index (Phi) is 4.90. The summed E-state index contributed by atoms with van der Waals surface area (Å²) in [5.41, 5.74) is 4.22. The maximum absolute atomic E-state index is 11.7. The molecule has 5 nitrogen and oxygen atoms in total. The van der Waals surface area contributed by atoms with Crippen molar-refractivity contribution in [1.82, 2.24) is 15.2 Å². The van der Waals surface area contributed by atoms with Gasteiger partial charge in [-0.15, -0.1) is 0 Å². The Morgan fingerprint density at radius 2 is 2.20 bits per heavy atom. The van der Waals surface area contributed by atoms with Gasteiger partial charge in [0.15, 0.2) is 0 Å². The number of benzene rings is 1. The highest BCUT2D eigenvalue weighted by Gasteiger charge is 2.01. The van der Waals surface area contributed by atoms with Crippen molar-refractivity contribution in [2.75, 3.05) is 0 Å². The standard InChI is InChI=1S/C14H15ClN4O/c1-2-19-10-12(9-17-19)8-16-18-14(20)7-11-3-5-13(15)6-4-11/h3-6,8-10H,2,7H2,1H3,(H,18,20)/b16-8-. The maximum atomic E-state index is 11.7. The van der Waals surface area contributed by atoms with E-state index in [1.54, 1.807) is 29.2 Å². The van der Waals surface area contributed by atoms with Crippen molar-refractivity contribution in [2.24, 2.45) is 5.10 Å². The molecule has 0 saturated heterocycles. The molecule has 104 valence electrons. The summed E-state index contributed by atoms with van der Waals surface area (Å²) in [5.74, 6) is -0.175. The van der Waals surface area contributed by atoms with Gasteiger partial charge in [0.1, 0.15) is 0 Å². The second-order valence-corrected chi connectivity index (χ2v) is 4.66. The molecule has 2 aromatic rings. The van der Waals surface area contributed by atoms with Crippen LogP contribution >= 0.6 is 11.6 Å². The van der Waals surface area contributed by atoms with Gasteiger partial charge in [-0.2, -0.15) is 10.2 Å². The number of carbonyl (C=O) groups excluding carboxylic acids is 1. The minimum atomic E-state index is -0.175. The summed E-state index contributed by atoms with van der Waals surface area (Å²) in [6, 6.07) is 7.15. The smallest absolute Gasteiger partial charge is 0.244 e. The first-order valence-electron chi connectivity index (χ1n) is 6.26. The summed E-state index contributed by atoms with van der Waals surface area (Å²) in [7, 11) is 0. The van der Waals surface area contributed by atoms with Crippen LogP contribution < -0.4 is 5.43 Å². The molecule has 0 atom stereocenters. The van der Waals surface area contributed by atoms with E-state index >= 15 is 0 Å². The summed E-state index contributed by atoms with van der Waals surface area (Å²) >= 11 is 5.78. The molecule has 0 aliphatic carbocycles. The van der Waals surface area contributed by atoms with Gasteiger partial charge in [-0.3, -0.25) is 9.48 Å². The van der Waals surface area contributed by atoms with Crippen LogP contribution in [0.4, 0.5) is 0 Å². The second kappa shape index (κ2) is 6.86. The van der Waals surface area contributed by atoms with Gasteiger partial charge in [-0.05, 0) is 24.6 Å². The molecule has 2 rings (SSSR count). The zero-order chi connectivity index (χ0) is 14.4. The number of carbonyl (C=O) groups is 1. The highest BCUT2D eigenvalue weighted by atomic mass is 35.5. The van der Waals surface area contributed by atoms with Crippen LogP contribution in [0.2, 0.25) is 5.02 Å². The third-order valence-electron chi connectivity index (χ3n) is 2.66. The Morgan fingerprint density at radius 3 is 2.85 bits per heavy atom. The first kappa shape index (κ1) is 14.3. The molecule has 0 aliphatic rings. The summed E-state index contributed by atoms with van der Waals surface area (Å²) in [6.45, 7) is 2.80. The SMILES string of the molecule is CCn1cc(/C=N\NC(=O)Cc2ccc(Cl)cc2)cn1. The Balaban J connectivity index is 1.84. The molecule has 1 heterocycles. The normalized spacial score (nSPS) is 10.9. The molecular weight excluding hydrogens is 276 g/mol. The largest absolute Gasteiger partial charge is 0.273 e. The summed E-state index contributed by atoms with van der Waals surface area (Å²) in [4.78, 5) is 11.7. The molecule has 1 aromatic heterocycles. The zero-order valence-corrected chi connectivity index (χ0v) is 11.8. The third kappa shape index (κ3) is 4.20. The molecule has 6 heteroatoms. The quantitative estimate of drug-likeness (QED) is 0.678. The van der Waals surface area contributed by atoms with E-state index < -0.39 is 0 Å². The van der Waals surface area contributed by atoms with Crippen LogP contribution in [0, 0.1) is 0 Å². The predicted octanol–water partition coefficient (Wildman–Crippen LogP) is 2.25. The lowest BCUT2D eigenvalue weighted by Crippen LogP contribution is -2.19. The fourth-order valence-electron chi connectivity index (χ4n) is 1.63. The molecule has 0 radical (unpaired) electrons. The van der Waals surface area contributed by atoms with Crippen molar-refractivity contribution in [1.29, 1.82) is 0 Å². The number of aromatic nitrogens is 2. The Bertz CT molecular complexity index is 604. The van der Waals surface area contributed by atoms with Gasteiger partial charge in [0.25, 0.3) is 0 Å². The molecule has 0 spiro atoms. The van der Waals surface area contributed by atoms with Crippen molar-refractivity contribution in [2.45, 2.75) is 19.9 Å². The predicted molar refractivity (Wildman–Crippen MR) is 78.8 cm³/mol. The van der Waals surface area contributed by atoms with Crippen molar-refractivity contribution in [3.63, 3.8) is 0 Å². The molecule has 1 N–H and O–H groups in total. The number of rotatable bonds is 5. The first-order valence-corrected chi connectivity index (χ1v) is 6.64. The highest BCUT2D eigenvalue weighted by molar-refractivity contribution is 6.30. The topological polar surface area (TPSA) is 59.3 Å². The fourth-order valence-corrected chi connectivity index (χ4v) is 1.75. The Labute approximate surface area is 122 Å². The molecular formula is C14H15ClN4O. The van der Waals surface area contributed by atoms with Crippen LogP contribution in [-0.4, -0.2) is 21.9 Å². The van der Waals surface area contributed by atoms with Gasteiger partial charge in [0.05, 0.1) is 18.8 Å². The summed E-state index contributed by atoms with van der Waals surface area (Å²) in [6.07, 6.45) is 5.38. The van der Waals surface area contributed by atoms with E-state index in [1.165, 1.54) is 0 Å².